The molecule has 1 heterocycles. The Morgan fingerprint density at radius 3 is 3.00 bits per heavy atom. The minimum absolute atomic E-state index is 0.0112. The lowest BCUT2D eigenvalue weighted by molar-refractivity contribution is 0.293. The molecule has 58 valence electrons. The summed E-state index contributed by atoms with van der Waals surface area (Å²) in [6, 6.07) is 0. The van der Waals surface area contributed by atoms with Gasteiger partial charge in [0.15, 0.2) is 0 Å². The van der Waals surface area contributed by atoms with Gasteiger partial charge in [-0.15, -0.1) is 0 Å². The molecule has 0 amide bonds. The summed E-state index contributed by atoms with van der Waals surface area (Å²) >= 11 is 0. The first-order chi connectivity index (χ1) is 4.60. The van der Waals surface area contributed by atoms with Crippen LogP contribution < -0.4 is 0 Å². The fraction of sp³-hybridized carbons (Fsp3) is 0.667. The molecule has 10 heavy (non-hydrogen) atoms. The van der Waals surface area contributed by atoms with E-state index in [0.717, 1.165) is 0 Å². The lowest BCUT2D eigenvalue weighted by Crippen LogP contribution is -2.09. The van der Waals surface area contributed by atoms with Crippen molar-refractivity contribution in [2.45, 2.75) is 6.92 Å². The minimum atomic E-state index is -3.24. The number of hydrogen-bond donors (Lipinski definition) is 0. The van der Waals surface area contributed by atoms with Crippen molar-refractivity contribution in [1.82, 2.24) is 0 Å². The van der Waals surface area contributed by atoms with Gasteiger partial charge in [-0.25, -0.2) is 0 Å². The van der Waals surface area contributed by atoms with E-state index in [4.69, 9.17) is 0 Å². The van der Waals surface area contributed by atoms with Crippen LogP contribution in [0.15, 0.2) is 12.2 Å². The van der Waals surface area contributed by atoms with Crippen molar-refractivity contribution in [2.24, 2.45) is 5.92 Å². The highest BCUT2D eigenvalue weighted by atomic mass is 32.2. The maximum atomic E-state index is 10.7. The first-order valence-electron chi connectivity index (χ1n) is 3.14. The van der Waals surface area contributed by atoms with Crippen LogP contribution in [0.3, 0.4) is 0 Å². The molecule has 3 nitrogen and oxygen atoms in total. The molecule has 0 aliphatic carbocycles. The SMILES string of the molecule is CC1C=CCS(=O)(=O)OC1. The average molecular weight is 162 g/mol. The van der Waals surface area contributed by atoms with Crippen molar-refractivity contribution in [3.8, 4) is 0 Å². The lowest BCUT2D eigenvalue weighted by atomic mass is 10.2. The Labute approximate surface area is 60.8 Å². The average Bonchev–Trinajstić information content (AvgIpc) is 1.94. The van der Waals surface area contributed by atoms with Gasteiger partial charge in [-0.05, 0) is 5.92 Å². The maximum Gasteiger partial charge on any atom is 0.270 e. The Morgan fingerprint density at radius 1 is 1.60 bits per heavy atom. The van der Waals surface area contributed by atoms with Crippen LogP contribution in [-0.2, 0) is 14.3 Å². The summed E-state index contributed by atoms with van der Waals surface area (Å²) in [5.41, 5.74) is 0. The van der Waals surface area contributed by atoms with E-state index >= 15 is 0 Å². The molecule has 0 radical (unpaired) electrons. The minimum Gasteiger partial charge on any atom is -0.269 e. The van der Waals surface area contributed by atoms with Crippen LogP contribution >= 0.6 is 0 Å². The second-order valence-corrected chi connectivity index (χ2v) is 4.10. The topological polar surface area (TPSA) is 43.4 Å². The molecular weight excluding hydrogens is 152 g/mol. The van der Waals surface area contributed by atoms with Crippen LogP contribution in [0.25, 0.3) is 0 Å². The van der Waals surface area contributed by atoms with E-state index in [1.165, 1.54) is 0 Å². The van der Waals surface area contributed by atoms with Crippen LogP contribution in [0.5, 0.6) is 0 Å². The van der Waals surface area contributed by atoms with Crippen LogP contribution in [0.2, 0.25) is 0 Å². The Kier molecular flexibility index (Phi) is 2.11. The van der Waals surface area contributed by atoms with Gasteiger partial charge >= 0.3 is 0 Å². The Morgan fingerprint density at radius 2 is 2.30 bits per heavy atom. The largest absolute Gasteiger partial charge is 0.270 e. The third kappa shape index (κ3) is 2.11. The van der Waals surface area contributed by atoms with Crippen LogP contribution in [-0.4, -0.2) is 20.8 Å². The fourth-order valence-electron chi connectivity index (χ4n) is 0.720. The summed E-state index contributed by atoms with van der Waals surface area (Å²) < 4.78 is 26.1. The Balaban J connectivity index is 2.71. The summed E-state index contributed by atoms with van der Waals surface area (Å²) in [5, 5.41) is 0. The molecule has 1 aliphatic heterocycles. The molecule has 0 fully saturated rings. The molecule has 0 saturated carbocycles. The summed E-state index contributed by atoms with van der Waals surface area (Å²) in [4.78, 5) is 0. The molecule has 1 aliphatic rings. The summed E-state index contributed by atoms with van der Waals surface area (Å²) in [7, 11) is -3.24. The molecule has 4 heteroatoms. The van der Waals surface area contributed by atoms with Gasteiger partial charge in [0.1, 0.15) is 0 Å². The Hall–Kier alpha value is -0.350. The van der Waals surface area contributed by atoms with Gasteiger partial charge in [-0.2, -0.15) is 8.42 Å². The predicted octanol–water partition coefficient (Wildman–Crippen LogP) is 0.539. The van der Waals surface area contributed by atoms with E-state index in [0.29, 0.717) is 0 Å². The molecule has 0 spiro atoms. The van der Waals surface area contributed by atoms with Crippen LogP contribution in [0.1, 0.15) is 6.92 Å². The summed E-state index contributed by atoms with van der Waals surface area (Å²) in [5.74, 6) is 0.217. The highest BCUT2D eigenvalue weighted by Gasteiger charge is 2.13. The van der Waals surface area contributed by atoms with Crippen LogP contribution in [0, 0.1) is 5.92 Å². The number of rotatable bonds is 0. The highest BCUT2D eigenvalue weighted by Crippen LogP contribution is 2.07. The molecule has 0 N–H and O–H groups in total. The van der Waals surface area contributed by atoms with Gasteiger partial charge in [-0.1, -0.05) is 19.1 Å². The second kappa shape index (κ2) is 2.72. The smallest absolute Gasteiger partial charge is 0.269 e. The molecular formula is C6H10O3S. The van der Waals surface area contributed by atoms with E-state index in [1.54, 1.807) is 6.08 Å². The molecule has 0 aromatic heterocycles. The monoisotopic (exact) mass is 162 g/mol. The summed E-state index contributed by atoms with van der Waals surface area (Å²) in [6.07, 6.45) is 3.48. The zero-order valence-corrected chi connectivity index (χ0v) is 6.60. The second-order valence-electron chi connectivity index (χ2n) is 2.41. The Bertz CT molecular complexity index is 227. The molecule has 0 bridgehead atoms. The van der Waals surface area contributed by atoms with E-state index in [9.17, 15) is 8.42 Å². The van der Waals surface area contributed by atoms with Crippen molar-refractivity contribution in [2.75, 3.05) is 12.4 Å². The van der Waals surface area contributed by atoms with Gasteiger partial charge in [0.2, 0.25) is 0 Å². The molecule has 1 atom stereocenters. The van der Waals surface area contributed by atoms with Crippen LogP contribution in [0.4, 0.5) is 0 Å². The van der Waals surface area contributed by atoms with E-state index in [2.05, 4.69) is 4.18 Å². The van der Waals surface area contributed by atoms with Crippen molar-refractivity contribution >= 4 is 10.1 Å². The van der Waals surface area contributed by atoms with Gasteiger partial charge in [0, 0.05) is 0 Å². The third-order valence-electron chi connectivity index (χ3n) is 1.28. The molecule has 1 unspecified atom stereocenters. The third-order valence-corrected chi connectivity index (χ3v) is 2.37. The van der Waals surface area contributed by atoms with Crippen molar-refractivity contribution in [1.29, 1.82) is 0 Å². The molecule has 0 aromatic carbocycles. The van der Waals surface area contributed by atoms with Crippen molar-refractivity contribution in [3.63, 3.8) is 0 Å². The maximum absolute atomic E-state index is 10.7. The van der Waals surface area contributed by atoms with E-state index < -0.39 is 10.1 Å². The fourth-order valence-corrected chi connectivity index (χ4v) is 1.59. The normalized spacial score (nSPS) is 31.5. The van der Waals surface area contributed by atoms with Gasteiger partial charge in [-0.3, -0.25) is 4.18 Å². The van der Waals surface area contributed by atoms with Gasteiger partial charge < -0.3 is 0 Å². The lowest BCUT2D eigenvalue weighted by Gasteiger charge is -2.01. The first-order valence-corrected chi connectivity index (χ1v) is 4.72. The predicted molar refractivity (Wildman–Crippen MR) is 38.0 cm³/mol. The molecule has 1 rings (SSSR count). The molecule has 0 saturated heterocycles. The van der Waals surface area contributed by atoms with Crippen molar-refractivity contribution < 1.29 is 12.6 Å². The van der Waals surface area contributed by atoms with E-state index in [-0.39, 0.29) is 18.3 Å². The highest BCUT2D eigenvalue weighted by molar-refractivity contribution is 7.86. The zero-order chi connectivity index (χ0) is 7.61. The van der Waals surface area contributed by atoms with Gasteiger partial charge in [0.05, 0.1) is 12.4 Å². The molecule has 0 aromatic rings. The zero-order valence-electron chi connectivity index (χ0n) is 5.78. The quantitative estimate of drug-likeness (QED) is 0.385. The summed E-state index contributed by atoms with van der Waals surface area (Å²) in [6.45, 7) is 2.19. The standard InChI is InChI=1S/C6H10O3S/c1-6-3-2-4-10(7,8)9-5-6/h2-3,6H,4-5H2,1H3. The first kappa shape index (κ1) is 7.75. The number of hydrogen-bond acceptors (Lipinski definition) is 3. The van der Waals surface area contributed by atoms with E-state index in [1.807, 2.05) is 13.0 Å². The van der Waals surface area contributed by atoms with Gasteiger partial charge in [0.25, 0.3) is 10.1 Å². The van der Waals surface area contributed by atoms with Crippen molar-refractivity contribution in [3.05, 3.63) is 12.2 Å².